The minimum absolute atomic E-state index is 0.273. The Balaban J connectivity index is 1.71. The van der Waals surface area contributed by atoms with Gasteiger partial charge >= 0.3 is 0 Å². The summed E-state index contributed by atoms with van der Waals surface area (Å²) < 4.78 is 10.9. The van der Waals surface area contributed by atoms with Gasteiger partial charge in [-0.2, -0.15) is 0 Å². The highest BCUT2D eigenvalue weighted by Gasteiger charge is 2.31. The fourth-order valence-corrected chi connectivity index (χ4v) is 3.08. The summed E-state index contributed by atoms with van der Waals surface area (Å²) in [6.45, 7) is 0.980. The number of hydrogen-bond donors (Lipinski definition) is 1. The summed E-state index contributed by atoms with van der Waals surface area (Å²) in [4.78, 5) is 23.6. The van der Waals surface area contributed by atoms with Gasteiger partial charge in [0.1, 0.15) is 13.2 Å². The molecule has 1 N–H and O–H groups in total. The van der Waals surface area contributed by atoms with Gasteiger partial charge in [0, 0.05) is 29.6 Å². The molecule has 1 saturated carbocycles. The molecule has 6 nitrogen and oxygen atoms in total. The lowest BCUT2D eigenvalue weighted by molar-refractivity contribution is -0.313. The Kier molecular flexibility index (Phi) is 4.18. The number of fused-ring (bicyclic) bond motifs is 1. The molecule has 6 heteroatoms. The van der Waals surface area contributed by atoms with Gasteiger partial charge in [0.05, 0.1) is 0 Å². The molecule has 1 aromatic carbocycles. The van der Waals surface area contributed by atoms with Crippen molar-refractivity contribution in [2.45, 2.75) is 25.7 Å². The van der Waals surface area contributed by atoms with Crippen molar-refractivity contribution in [3.05, 3.63) is 18.2 Å². The molecule has 1 aliphatic carbocycles. The highest BCUT2D eigenvalue weighted by Crippen LogP contribution is 2.34. The number of carboxylic acids is 1. The fraction of sp³-hybridized carbons (Fsp3) is 0.500. The maximum Gasteiger partial charge on any atom is 0.228 e. The van der Waals surface area contributed by atoms with Crippen LogP contribution in [0.1, 0.15) is 25.7 Å². The summed E-state index contributed by atoms with van der Waals surface area (Å²) in [5.74, 6) is -1.41. The molecular weight excluding hydrogens is 286 g/mol. The molecule has 3 rings (SSSR count). The second-order valence-corrected chi connectivity index (χ2v) is 5.66. The Bertz CT molecular complexity index is 586. The van der Waals surface area contributed by atoms with E-state index in [0.717, 1.165) is 12.8 Å². The maximum atomic E-state index is 12.4. The van der Waals surface area contributed by atoms with E-state index in [-0.39, 0.29) is 5.91 Å². The molecule has 2 aliphatic rings. The first-order valence-corrected chi connectivity index (χ1v) is 7.56. The SMILES string of the molecule is O=C(Nc1ccc2c(c1)OCCO2)[C@H]1CCCC[C@H]1C(=O)[O-]. The lowest BCUT2D eigenvalue weighted by Gasteiger charge is -2.31. The Morgan fingerprint density at radius 1 is 1.05 bits per heavy atom. The predicted octanol–water partition coefficient (Wildman–Crippen LogP) is 0.953. The number of amides is 1. The first-order chi connectivity index (χ1) is 10.6. The number of aliphatic carboxylic acids is 1. The van der Waals surface area contributed by atoms with Crippen LogP contribution in [-0.4, -0.2) is 25.1 Å². The van der Waals surface area contributed by atoms with Crippen LogP contribution in [0.3, 0.4) is 0 Å². The standard InChI is InChI=1S/C16H19NO5/c18-15(11-3-1-2-4-12(11)16(19)20)17-10-5-6-13-14(9-10)22-8-7-21-13/h5-6,9,11-12H,1-4,7-8H2,(H,17,18)(H,19,20)/p-1/t11-,12+/m0/s1. The topological polar surface area (TPSA) is 87.7 Å². The largest absolute Gasteiger partial charge is 0.550 e. The number of rotatable bonds is 3. The van der Waals surface area contributed by atoms with Gasteiger partial charge in [-0.1, -0.05) is 12.8 Å². The van der Waals surface area contributed by atoms with Crippen LogP contribution in [-0.2, 0) is 9.59 Å². The van der Waals surface area contributed by atoms with E-state index in [1.807, 2.05) is 0 Å². The van der Waals surface area contributed by atoms with Gasteiger partial charge < -0.3 is 24.7 Å². The minimum Gasteiger partial charge on any atom is -0.550 e. The Labute approximate surface area is 128 Å². The van der Waals surface area contributed by atoms with Gasteiger partial charge in [-0.05, 0) is 25.0 Å². The average molecular weight is 304 g/mol. The molecule has 0 aromatic heterocycles. The third-order valence-electron chi connectivity index (χ3n) is 4.22. The molecule has 118 valence electrons. The molecule has 1 fully saturated rings. The van der Waals surface area contributed by atoms with Crippen molar-refractivity contribution in [1.82, 2.24) is 0 Å². The summed E-state index contributed by atoms with van der Waals surface area (Å²) in [6, 6.07) is 5.16. The predicted molar refractivity (Wildman–Crippen MR) is 76.5 cm³/mol. The van der Waals surface area contributed by atoms with Gasteiger partial charge in [0.2, 0.25) is 5.91 Å². The molecule has 0 radical (unpaired) electrons. The van der Waals surface area contributed by atoms with Gasteiger partial charge in [0.25, 0.3) is 0 Å². The first-order valence-electron chi connectivity index (χ1n) is 7.56. The molecule has 2 atom stereocenters. The van der Waals surface area contributed by atoms with Crippen molar-refractivity contribution in [1.29, 1.82) is 0 Å². The number of carbonyl (C=O) groups excluding carboxylic acids is 2. The minimum atomic E-state index is -1.14. The average Bonchev–Trinajstić information content (AvgIpc) is 2.54. The van der Waals surface area contributed by atoms with E-state index in [0.29, 0.717) is 43.2 Å². The fourth-order valence-electron chi connectivity index (χ4n) is 3.08. The summed E-state index contributed by atoms with van der Waals surface area (Å²) in [7, 11) is 0. The van der Waals surface area contributed by atoms with E-state index in [4.69, 9.17) is 9.47 Å². The Morgan fingerprint density at radius 2 is 1.73 bits per heavy atom. The van der Waals surface area contributed by atoms with Crippen LogP contribution >= 0.6 is 0 Å². The smallest absolute Gasteiger partial charge is 0.228 e. The molecule has 1 heterocycles. The van der Waals surface area contributed by atoms with Crippen molar-refractivity contribution < 1.29 is 24.2 Å². The quantitative estimate of drug-likeness (QED) is 0.898. The van der Waals surface area contributed by atoms with Gasteiger partial charge in [-0.3, -0.25) is 4.79 Å². The lowest BCUT2D eigenvalue weighted by Crippen LogP contribution is -2.42. The zero-order valence-corrected chi connectivity index (χ0v) is 12.2. The molecule has 0 unspecified atom stereocenters. The zero-order chi connectivity index (χ0) is 15.5. The van der Waals surface area contributed by atoms with Crippen molar-refractivity contribution in [2.75, 3.05) is 18.5 Å². The van der Waals surface area contributed by atoms with Crippen molar-refractivity contribution in [3.63, 3.8) is 0 Å². The van der Waals surface area contributed by atoms with E-state index in [2.05, 4.69) is 5.32 Å². The van der Waals surface area contributed by atoms with Crippen LogP contribution in [0.15, 0.2) is 18.2 Å². The molecule has 0 saturated heterocycles. The van der Waals surface area contributed by atoms with Crippen LogP contribution in [0, 0.1) is 11.8 Å². The summed E-state index contributed by atoms with van der Waals surface area (Å²) >= 11 is 0. The Hall–Kier alpha value is -2.24. The van der Waals surface area contributed by atoms with E-state index in [9.17, 15) is 14.7 Å². The molecule has 1 aromatic rings. The van der Waals surface area contributed by atoms with E-state index >= 15 is 0 Å². The molecule has 22 heavy (non-hydrogen) atoms. The highest BCUT2D eigenvalue weighted by atomic mass is 16.6. The van der Waals surface area contributed by atoms with Gasteiger partial charge in [0.15, 0.2) is 11.5 Å². The monoisotopic (exact) mass is 304 g/mol. The van der Waals surface area contributed by atoms with Crippen LogP contribution in [0.25, 0.3) is 0 Å². The third-order valence-corrected chi connectivity index (χ3v) is 4.22. The highest BCUT2D eigenvalue weighted by molar-refractivity contribution is 5.95. The van der Waals surface area contributed by atoms with Gasteiger partial charge in [-0.15, -0.1) is 0 Å². The maximum absolute atomic E-state index is 12.4. The van der Waals surface area contributed by atoms with Crippen LogP contribution < -0.4 is 19.9 Å². The van der Waals surface area contributed by atoms with Crippen molar-refractivity contribution in [2.24, 2.45) is 11.8 Å². The molecule has 0 bridgehead atoms. The van der Waals surface area contributed by atoms with E-state index < -0.39 is 17.8 Å². The van der Waals surface area contributed by atoms with Crippen LogP contribution in [0.5, 0.6) is 11.5 Å². The summed E-state index contributed by atoms with van der Waals surface area (Å²) in [6.07, 6.45) is 2.77. The summed E-state index contributed by atoms with van der Waals surface area (Å²) in [5, 5.41) is 14.0. The lowest BCUT2D eigenvalue weighted by atomic mass is 9.78. The third kappa shape index (κ3) is 3.00. The second-order valence-electron chi connectivity index (χ2n) is 5.66. The second kappa shape index (κ2) is 6.25. The van der Waals surface area contributed by atoms with Crippen LogP contribution in [0.4, 0.5) is 5.69 Å². The first kappa shape index (κ1) is 14.7. The molecular formula is C16H18NO5-. The van der Waals surface area contributed by atoms with Gasteiger partial charge in [-0.25, -0.2) is 0 Å². The number of anilines is 1. The Morgan fingerprint density at radius 3 is 2.45 bits per heavy atom. The molecule has 1 aliphatic heterocycles. The molecule has 1 amide bonds. The normalized spacial score (nSPS) is 23.6. The number of carbonyl (C=O) groups is 2. The van der Waals surface area contributed by atoms with Crippen LogP contribution in [0.2, 0.25) is 0 Å². The number of benzene rings is 1. The summed E-state index contributed by atoms with van der Waals surface area (Å²) in [5.41, 5.74) is 0.580. The van der Waals surface area contributed by atoms with Crippen molar-refractivity contribution >= 4 is 17.6 Å². The molecule has 0 spiro atoms. The van der Waals surface area contributed by atoms with E-state index in [1.165, 1.54) is 0 Å². The zero-order valence-electron chi connectivity index (χ0n) is 12.2. The number of hydrogen-bond acceptors (Lipinski definition) is 5. The van der Waals surface area contributed by atoms with E-state index in [1.54, 1.807) is 18.2 Å². The number of ether oxygens (including phenoxy) is 2. The number of nitrogens with one attached hydrogen (secondary N) is 1. The number of carboxylic acid groups (broad SMARTS) is 1. The van der Waals surface area contributed by atoms with Crippen molar-refractivity contribution in [3.8, 4) is 11.5 Å².